The van der Waals surface area contributed by atoms with E-state index in [1.165, 1.54) is 12.1 Å². The lowest BCUT2D eigenvalue weighted by Gasteiger charge is -2.08. The minimum absolute atomic E-state index is 0.0430. The van der Waals surface area contributed by atoms with E-state index >= 15 is 0 Å². The Bertz CT molecular complexity index is 1080. The summed E-state index contributed by atoms with van der Waals surface area (Å²) in [4.78, 5) is 18.3. The molecule has 4 aromatic rings. The summed E-state index contributed by atoms with van der Waals surface area (Å²) in [6.07, 6.45) is 1.80. The first kappa shape index (κ1) is 16.5. The van der Waals surface area contributed by atoms with Crippen LogP contribution >= 0.6 is 0 Å². The molecule has 0 radical (unpaired) electrons. The fraction of sp³-hybridized carbons (Fsp3) is 0. The average molecular weight is 357 g/mol. The summed E-state index contributed by atoms with van der Waals surface area (Å²) in [7, 11) is 0. The van der Waals surface area contributed by atoms with Gasteiger partial charge in [0.05, 0.1) is 16.0 Å². The minimum Gasteiger partial charge on any atom is -0.453 e. The Hall–Kier alpha value is -3.93. The van der Waals surface area contributed by atoms with Gasteiger partial charge in [0, 0.05) is 12.1 Å². The highest BCUT2D eigenvalue weighted by atomic mass is 16.6. The predicted octanol–water partition coefficient (Wildman–Crippen LogP) is 5.05. The molecule has 3 aromatic carbocycles. The Labute approximate surface area is 154 Å². The maximum Gasteiger partial charge on any atom is 0.269 e. The third kappa shape index (κ3) is 3.69. The molecule has 1 aromatic heterocycles. The van der Waals surface area contributed by atoms with E-state index in [9.17, 15) is 10.1 Å². The number of hydrogen-bond acceptors (Lipinski definition) is 4. The van der Waals surface area contributed by atoms with Crippen molar-refractivity contribution >= 4 is 28.6 Å². The van der Waals surface area contributed by atoms with E-state index in [1.807, 2.05) is 54.6 Å². The van der Waals surface area contributed by atoms with Crippen LogP contribution in [0.2, 0.25) is 0 Å². The zero-order valence-electron chi connectivity index (χ0n) is 14.2. The molecule has 6 heteroatoms. The number of fused-ring (bicyclic) bond motifs is 1. The van der Waals surface area contributed by atoms with Gasteiger partial charge in [-0.15, -0.1) is 0 Å². The molecule has 0 saturated heterocycles. The maximum atomic E-state index is 10.8. The molecule has 6 nitrogen and oxygen atoms in total. The molecule has 0 aliphatic rings. The molecule has 1 heterocycles. The number of benzene rings is 3. The Morgan fingerprint density at radius 3 is 2.37 bits per heavy atom. The molecular formula is C21H15N3O3. The fourth-order valence-corrected chi connectivity index (χ4v) is 2.67. The van der Waals surface area contributed by atoms with Crippen molar-refractivity contribution < 1.29 is 9.66 Å². The highest BCUT2D eigenvalue weighted by Gasteiger charge is 2.12. The van der Waals surface area contributed by atoms with Crippen molar-refractivity contribution in [3.8, 4) is 5.75 Å². The summed E-state index contributed by atoms with van der Waals surface area (Å²) < 4.78 is 6.05. The monoisotopic (exact) mass is 357 g/mol. The lowest BCUT2D eigenvalue weighted by Crippen LogP contribution is -1.97. The Kier molecular flexibility index (Phi) is 4.37. The summed E-state index contributed by atoms with van der Waals surface area (Å²) in [6.45, 7) is 0. The van der Waals surface area contributed by atoms with E-state index in [0.29, 0.717) is 17.3 Å². The number of hydrogen-bond donors (Lipinski definition) is 1. The van der Waals surface area contributed by atoms with Crippen molar-refractivity contribution in [3.05, 3.63) is 100 Å². The van der Waals surface area contributed by atoms with E-state index < -0.39 is 4.92 Å². The second-order valence-electron chi connectivity index (χ2n) is 5.87. The quantitative estimate of drug-likeness (QED) is 0.308. The predicted molar refractivity (Wildman–Crippen MR) is 104 cm³/mol. The van der Waals surface area contributed by atoms with E-state index in [0.717, 1.165) is 16.6 Å². The minimum atomic E-state index is -0.422. The number of imidazole rings is 1. The number of aromatic nitrogens is 2. The van der Waals surface area contributed by atoms with Gasteiger partial charge in [-0.2, -0.15) is 0 Å². The van der Waals surface area contributed by atoms with Crippen molar-refractivity contribution in [2.24, 2.45) is 0 Å². The number of rotatable bonds is 5. The number of nitrogens with one attached hydrogen (secondary N) is 1. The molecule has 0 spiro atoms. The van der Waals surface area contributed by atoms with Gasteiger partial charge in [-0.05, 0) is 48.0 Å². The first-order valence-corrected chi connectivity index (χ1v) is 8.33. The van der Waals surface area contributed by atoms with Gasteiger partial charge in [0.1, 0.15) is 5.75 Å². The number of nitrogens with zero attached hydrogens (tertiary/aromatic N) is 2. The average Bonchev–Trinajstić information content (AvgIpc) is 3.13. The topological polar surface area (TPSA) is 81.1 Å². The molecule has 0 saturated carbocycles. The third-order valence-electron chi connectivity index (χ3n) is 4.00. The SMILES string of the molecule is O=[N+]([O-])c1ccc(/C=C(/Oc2ccccc2)c2nc3ccccc3[nH]2)cc1. The van der Waals surface area contributed by atoms with Gasteiger partial charge in [0.15, 0.2) is 11.6 Å². The largest absolute Gasteiger partial charge is 0.453 e. The summed E-state index contributed by atoms with van der Waals surface area (Å²) in [5, 5.41) is 10.8. The lowest BCUT2D eigenvalue weighted by molar-refractivity contribution is -0.384. The first-order valence-electron chi connectivity index (χ1n) is 8.33. The summed E-state index contributed by atoms with van der Waals surface area (Å²) in [5.74, 6) is 1.77. The van der Waals surface area contributed by atoms with Gasteiger partial charge in [0.2, 0.25) is 0 Å². The van der Waals surface area contributed by atoms with Crippen molar-refractivity contribution in [2.45, 2.75) is 0 Å². The van der Waals surface area contributed by atoms with Crippen LogP contribution < -0.4 is 4.74 Å². The summed E-state index contributed by atoms with van der Waals surface area (Å²) in [5.41, 5.74) is 2.55. The van der Waals surface area contributed by atoms with Crippen LogP contribution in [0, 0.1) is 10.1 Å². The number of non-ortho nitro benzene ring substituents is 1. The second-order valence-corrected chi connectivity index (χ2v) is 5.87. The third-order valence-corrected chi connectivity index (χ3v) is 4.00. The van der Waals surface area contributed by atoms with E-state index in [4.69, 9.17) is 4.74 Å². The van der Waals surface area contributed by atoms with Crippen LogP contribution in [-0.2, 0) is 0 Å². The molecule has 132 valence electrons. The molecule has 0 bridgehead atoms. The normalized spacial score (nSPS) is 11.5. The molecule has 27 heavy (non-hydrogen) atoms. The fourth-order valence-electron chi connectivity index (χ4n) is 2.67. The van der Waals surface area contributed by atoms with Gasteiger partial charge in [-0.1, -0.05) is 30.3 Å². The molecule has 0 aliphatic heterocycles. The number of H-pyrrole nitrogens is 1. The van der Waals surface area contributed by atoms with E-state index in [2.05, 4.69) is 9.97 Å². The van der Waals surface area contributed by atoms with Crippen LogP contribution in [0.4, 0.5) is 5.69 Å². The molecule has 0 unspecified atom stereocenters. The van der Waals surface area contributed by atoms with Crippen LogP contribution in [-0.4, -0.2) is 14.9 Å². The van der Waals surface area contributed by atoms with Crippen LogP contribution in [0.25, 0.3) is 22.9 Å². The molecule has 1 N–H and O–H groups in total. The summed E-state index contributed by atoms with van der Waals surface area (Å²) >= 11 is 0. The number of nitro groups is 1. The molecule has 0 aliphatic carbocycles. The highest BCUT2D eigenvalue weighted by molar-refractivity contribution is 5.82. The zero-order valence-corrected chi connectivity index (χ0v) is 14.2. The van der Waals surface area contributed by atoms with E-state index in [1.54, 1.807) is 18.2 Å². The van der Waals surface area contributed by atoms with Crippen LogP contribution in [0.3, 0.4) is 0 Å². The van der Waals surface area contributed by atoms with Crippen molar-refractivity contribution in [2.75, 3.05) is 0 Å². The number of aromatic amines is 1. The maximum absolute atomic E-state index is 10.8. The smallest absolute Gasteiger partial charge is 0.269 e. The molecule has 0 amide bonds. The van der Waals surface area contributed by atoms with Crippen molar-refractivity contribution in [1.82, 2.24) is 9.97 Å². The molecule has 0 atom stereocenters. The van der Waals surface area contributed by atoms with Crippen molar-refractivity contribution in [1.29, 1.82) is 0 Å². The highest BCUT2D eigenvalue weighted by Crippen LogP contribution is 2.24. The lowest BCUT2D eigenvalue weighted by atomic mass is 10.2. The zero-order chi connectivity index (χ0) is 18.6. The van der Waals surface area contributed by atoms with Gasteiger partial charge >= 0.3 is 0 Å². The van der Waals surface area contributed by atoms with Gasteiger partial charge < -0.3 is 9.72 Å². The number of nitro benzene ring substituents is 1. The van der Waals surface area contributed by atoms with Crippen molar-refractivity contribution in [3.63, 3.8) is 0 Å². The Morgan fingerprint density at radius 1 is 0.963 bits per heavy atom. The molecule has 4 rings (SSSR count). The Balaban J connectivity index is 1.76. The number of ether oxygens (including phenoxy) is 1. The van der Waals surface area contributed by atoms with Gasteiger partial charge in [-0.3, -0.25) is 10.1 Å². The molecule has 0 fully saturated rings. The van der Waals surface area contributed by atoms with Crippen LogP contribution in [0.1, 0.15) is 11.4 Å². The van der Waals surface area contributed by atoms with Gasteiger partial charge in [0.25, 0.3) is 5.69 Å². The van der Waals surface area contributed by atoms with Gasteiger partial charge in [-0.25, -0.2) is 4.98 Å². The Morgan fingerprint density at radius 2 is 1.67 bits per heavy atom. The summed E-state index contributed by atoms with van der Waals surface area (Å²) in [6, 6.07) is 23.4. The number of para-hydroxylation sites is 3. The standard InChI is InChI=1S/C21H15N3O3/c25-24(26)16-12-10-15(11-13-16)14-20(27-17-6-2-1-3-7-17)21-22-18-8-4-5-9-19(18)23-21/h1-14H,(H,22,23)/b20-14+. The molecular weight excluding hydrogens is 342 g/mol. The second kappa shape index (κ2) is 7.13. The van der Waals surface area contributed by atoms with Crippen LogP contribution in [0.5, 0.6) is 5.75 Å². The first-order chi connectivity index (χ1) is 13.2. The van der Waals surface area contributed by atoms with Crippen LogP contribution in [0.15, 0.2) is 78.9 Å². The van der Waals surface area contributed by atoms with E-state index in [-0.39, 0.29) is 5.69 Å².